The number of anilines is 8. The van der Waals surface area contributed by atoms with Gasteiger partial charge in [0.1, 0.15) is 5.76 Å². The van der Waals surface area contributed by atoms with E-state index in [0.29, 0.717) is 0 Å². The number of fused-ring (bicyclic) bond motifs is 10. The largest absolute Gasteiger partial charge is 0.472 e. The number of hydrogen-bond donors (Lipinski definition) is 0. The Labute approximate surface area is 462 Å². The maximum absolute atomic E-state index is 7.95. The average molecular weight is 1020 g/mol. The molecule has 0 saturated heterocycles. The van der Waals surface area contributed by atoms with Gasteiger partial charge in [-0.3, -0.25) is 0 Å². The minimum absolute atomic E-state index is 0.00279. The van der Waals surface area contributed by atoms with Gasteiger partial charge in [-0.2, -0.15) is 0 Å². The van der Waals surface area contributed by atoms with Crippen LogP contribution in [0.1, 0.15) is 201 Å². The molecule has 13 rings (SSSR count). The third-order valence-electron chi connectivity index (χ3n) is 21.0. The van der Waals surface area contributed by atoms with Crippen molar-refractivity contribution in [3.63, 3.8) is 0 Å². The first kappa shape index (κ1) is 50.6. The van der Waals surface area contributed by atoms with E-state index in [-0.39, 0.29) is 50.2 Å². The van der Waals surface area contributed by atoms with Gasteiger partial charge in [0.05, 0.1) is 22.6 Å². The van der Waals surface area contributed by atoms with E-state index in [1.54, 1.807) is 0 Å². The lowest BCUT2D eigenvalue weighted by Crippen LogP contribution is -2.62. The summed E-state index contributed by atoms with van der Waals surface area (Å²) in [7, 11) is 0. The van der Waals surface area contributed by atoms with Crippen LogP contribution < -0.4 is 31.3 Å². The molecular formula is C72H84BN3O. The van der Waals surface area contributed by atoms with Crippen molar-refractivity contribution < 1.29 is 4.42 Å². The first-order valence-corrected chi connectivity index (χ1v) is 29.5. The molecule has 1 fully saturated rings. The third kappa shape index (κ3) is 7.22. The molecule has 6 aliphatic rings. The second kappa shape index (κ2) is 16.3. The summed E-state index contributed by atoms with van der Waals surface area (Å²) >= 11 is 0. The van der Waals surface area contributed by atoms with Crippen molar-refractivity contribution in [2.75, 3.05) is 14.7 Å². The lowest BCUT2D eigenvalue weighted by atomic mass is 9.35. The lowest BCUT2D eigenvalue weighted by molar-refractivity contribution is 0.195. The molecule has 6 aromatic carbocycles. The van der Waals surface area contributed by atoms with Crippen molar-refractivity contribution in [3.05, 3.63) is 160 Å². The average Bonchev–Trinajstić information content (AvgIpc) is 4.13. The molecular weight excluding hydrogens is 934 g/mol. The Bertz CT molecular complexity index is 3560. The van der Waals surface area contributed by atoms with Gasteiger partial charge in [-0.25, -0.2) is 0 Å². The molecule has 0 bridgehead atoms. The summed E-state index contributed by atoms with van der Waals surface area (Å²) in [6.45, 7) is 38.9. The van der Waals surface area contributed by atoms with Crippen molar-refractivity contribution in [3.8, 4) is 11.1 Å². The highest BCUT2D eigenvalue weighted by atomic mass is 16.3. The third-order valence-corrected chi connectivity index (χ3v) is 21.0. The van der Waals surface area contributed by atoms with Crippen molar-refractivity contribution >= 4 is 68.8 Å². The van der Waals surface area contributed by atoms with Crippen LogP contribution in [0.3, 0.4) is 0 Å². The van der Waals surface area contributed by atoms with Gasteiger partial charge in [-0.05, 0) is 165 Å². The Hall–Kier alpha value is -5.94. The SMILES string of the molecule is CC(C)(C)c1ccc(N2c3cc(N4c5ccccc5C5(C)CCCCC45C)cc4c3B(c3cc5c(cc3N4c3ccc(C(C)(C)C)cc3-c3ccccc3)C(C)(C)CCC5(C)C)c3oc4c(c32)C(C)(C)CCC4(C)C)cc1. The van der Waals surface area contributed by atoms with E-state index in [1.165, 1.54) is 120 Å². The van der Waals surface area contributed by atoms with E-state index in [1.807, 2.05) is 0 Å². The molecule has 7 aromatic rings. The van der Waals surface area contributed by atoms with Crippen LogP contribution in [0, 0.1) is 0 Å². The van der Waals surface area contributed by atoms with Crippen molar-refractivity contribution in [2.24, 2.45) is 0 Å². The van der Waals surface area contributed by atoms with E-state index < -0.39 is 0 Å². The van der Waals surface area contributed by atoms with Crippen LogP contribution in [0.4, 0.5) is 45.5 Å². The highest BCUT2D eigenvalue weighted by molar-refractivity contribution is 6.99. The zero-order chi connectivity index (χ0) is 54.4. The topological polar surface area (TPSA) is 22.9 Å². The molecule has 396 valence electrons. The van der Waals surface area contributed by atoms with Crippen LogP contribution in [0.5, 0.6) is 0 Å². The lowest BCUT2D eigenvalue weighted by Gasteiger charge is -2.51. The maximum Gasteiger partial charge on any atom is 0.297 e. The van der Waals surface area contributed by atoms with Crippen LogP contribution in [0.2, 0.25) is 0 Å². The molecule has 0 radical (unpaired) electrons. The van der Waals surface area contributed by atoms with E-state index in [4.69, 9.17) is 4.42 Å². The summed E-state index contributed by atoms with van der Waals surface area (Å²) < 4.78 is 7.95. The van der Waals surface area contributed by atoms with E-state index in [2.05, 4.69) is 247 Å². The summed E-state index contributed by atoms with van der Waals surface area (Å²) in [5.74, 6) is 1.16. The van der Waals surface area contributed by atoms with Gasteiger partial charge in [0.25, 0.3) is 6.71 Å². The van der Waals surface area contributed by atoms with Gasteiger partial charge in [0, 0.05) is 56.1 Å². The van der Waals surface area contributed by atoms with Crippen LogP contribution in [-0.4, -0.2) is 12.3 Å². The van der Waals surface area contributed by atoms with Gasteiger partial charge in [0.15, 0.2) is 0 Å². The standard InChI is InChI=1S/C72H84BN3O/c1-65(2,3)46-28-31-48(32-29-46)74-58-41-49(76-56-27-21-20-26-51(56)71(15)34-22-23-35-72(71,76)16)42-59-61(58)73(64-62(74)60-63(77-64)70(13,14)39-38-69(60,11)12)54-43-52-53(68(9,10)37-36-67(52,7)8)44-57(54)75(59)55-33-30-47(66(4,5)6)40-50(55)45-24-18-17-19-25-45/h17-21,24-33,40-44H,22-23,34-39H2,1-16H3. The molecule has 0 spiro atoms. The van der Waals surface area contributed by atoms with Gasteiger partial charge in [-0.15, -0.1) is 0 Å². The molecule has 5 heteroatoms. The normalized spacial score (nSPS) is 23.1. The molecule has 0 amide bonds. The van der Waals surface area contributed by atoms with Gasteiger partial charge < -0.3 is 19.1 Å². The fourth-order valence-electron chi connectivity index (χ4n) is 15.7. The molecule has 4 nitrogen and oxygen atoms in total. The predicted octanol–water partition coefficient (Wildman–Crippen LogP) is 18.1. The molecule has 2 unspecified atom stereocenters. The summed E-state index contributed by atoms with van der Waals surface area (Å²) in [6.07, 6.45) is 9.23. The molecule has 3 aliphatic heterocycles. The van der Waals surface area contributed by atoms with E-state index in [9.17, 15) is 0 Å². The molecule has 0 N–H and O–H groups in total. The quantitative estimate of drug-likeness (QED) is 0.164. The van der Waals surface area contributed by atoms with E-state index in [0.717, 1.165) is 43.5 Å². The fraction of sp³-hybridized carbons (Fsp3) is 0.444. The summed E-state index contributed by atoms with van der Waals surface area (Å²) in [5, 5.41) is 0. The summed E-state index contributed by atoms with van der Waals surface area (Å²) in [4.78, 5) is 8.27. The number of hydrogen-bond acceptors (Lipinski definition) is 4. The zero-order valence-corrected chi connectivity index (χ0v) is 49.5. The molecule has 2 atom stereocenters. The Balaban J connectivity index is 1.22. The minimum Gasteiger partial charge on any atom is -0.472 e. The zero-order valence-electron chi connectivity index (χ0n) is 49.5. The van der Waals surface area contributed by atoms with Crippen molar-refractivity contribution in [1.82, 2.24) is 0 Å². The number of furan rings is 1. The van der Waals surface area contributed by atoms with Crippen LogP contribution >= 0.6 is 0 Å². The van der Waals surface area contributed by atoms with Crippen molar-refractivity contribution in [1.29, 1.82) is 0 Å². The highest BCUT2D eigenvalue weighted by Gasteiger charge is 2.59. The first-order valence-electron chi connectivity index (χ1n) is 29.5. The Morgan fingerprint density at radius 1 is 0.468 bits per heavy atom. The van der Waals surface area contributed by atoms with Gasteiger partial charge in [0.2, 0.25) is 0 Å². The number of benzene rings is 6. The molecule has 3 aliphatic carbocycles. The van der Waals surface area contributed by atoms with E-state index >= 15 is 0 Å². The molecule has 77 heavy (non-hydrogen) atoms. The summed E-state index contributed by atoms with van der Waals surface area (Å²) in [5.41, 5.74) is 24.3. The summed E-state index contributed by atoms with van der Waals surface area (Å²) in [6, 6.07) is 48.4. The van der Waals surface area contributed by atoms with Crippen LogP contribution in [0.15, 0.2) is 126 Å². The predicted molar refractivity (Wildman–Crippen MR) is 329 cm³/mol. The monoisotopic (exact) mass is 1020 g/mol. The Morgan fingerprint density at radius 3 is 1.73 bits per heavy atom. The number of para-hydroxylation sites is 1. The number of nitrogens with zero attached hydrogens (tertiary/aromatic N) is 3. The number of rotatable bonds is 4. The highest BCUT2D eigenvalue weighted by Crippen LogP contribution is 2.63. The van der Waals surface area contributed by atoms with Crippen LogP contribution in [0.25, 0.3) is 11.1 Å². The molecule has 4 heterocycles. The van der Waals surface area contributed by atoms with Gasteiger partial charge in [-0.1, -0.05) is 189 Å². The molecule has 1 saturated carbocycles. The molecule has 1 aromatic heterocycles. The smallest absolute Gasteiger partial charge is 0.297 e. The second-order valence-electron chi connectivity index (χ2n) is 29.8. The first-order chi connectivity index (χ1) is 36.2. The maximum atomic E-state index is 7.95. The minimum atomic E-state index is -0.154. The van der Waals surface area contributed by atoms with Gasteiger partial charge >= 0.3 is 0 Å². The Morgan fingerprint density at radius 2 is 1.05 bits per heavy atom. The Kier molecular flexibility index (Phi) is 10.7. The second-order valence-corrected chi connectivity index (χ2v) is 29.8. The fourth-order valence-corrected chi connectivity index (χ4v) is 15.7. The van der Waals surface area contributed by atoms with Crippen molar-refractivity contribution in [2.45, 2.75) is 206 Å². The van der Waals surface area contributed by atoms with Crippen LogP contribution in [-0.2, 0) is 37.9 Å².